The zero-order valence-electron chi connectivity index (χ0n) is 11.7. The number of carbonyl (C=O) groups is 1. The van der Waals surface area contributed by atoms with Crippen LogP contribution in [-0.4, -0.2) is 45.5 Å². The summed E-state index contributed by atoms with van der Waals surface area (Å²) in [5.41, 5.74) is 0.892. The Morgan fingerprint density at radius 1 is 1.29 bits per heavy atom. The van der Waals surface area contributed by atoms with E-state index in [0.29, 0.717) is 13.0 Å². The van der Waals surface area contributed by atoms with Crippen molar-refractivity contribution in [2.24, 2.45) is 0 Å². The highest BCUT2D eigenvalue weighted by Crippen LogP contribution is 2.27. The van der Waals surface area contributed by atoms with Crippen LogP contribution in [0.25, 0.3) is 0 Å². The summed E-state index contributed by atoms with van der Waals surface area (Å²) < 4.78 is 32.2. The van der Waals surface area contributed by atoms with Crippen molar-refractivity contribution in [2.75, 3.05) is 26.2 Å². The predicted molar refractivity (Wildman–Crippen MR) is 76.6 cm³/mol. The number of likely N-dealkylation sites (tertiary alicyclic amines) is 1. The molecule has 2 aliphatic rings. The van der Waals surface area contributed by atoms with Crippen LogP contribution in [0.3, 0.4) is 0 Å². The van der Waals surface area contributed by atoms with Crippen molar-refractivity contribution in [3.63, 3.8) is 0 Å². The van der Waals surface area contributed by atoms with Gasteiger partial charge in [-0.1, -0.05) is 0 Å². The average Bonchev–Trinajstić information content (AvgIpc) is 3.14. The number of fused-ring (bicyclic) bond motifs is 1. The fourth-order valence-corrected chi connectivity index (χ4v) is 3.67. The molecule has 0 atom stereocenters. The van der Waals surface area contributed by atoms with E-state index in [2.05, 4.69) is 4.72 Å². The highest BCUT2D eigenvalue weighted by molar-refractivity contribution is 7.89. The van der Waals surface area contributed by atoms with Crippen molar-refractivity contribution < 1.29 is 17.9 Å². The summed E-state index contributed by atoms with van der Waals surface area (Å²) in [6, 6.07) is 4.79. The molecule has 0 unspecified atom stereocenters. The molecule has 1 aromatic carbocycles. The number of hydrogen-bond donors (Lipinski definition) is 1. The van der Waals surface area contributed by atoms with Crippen LogP contribution < -0.4 is 9.46 Å². The lowest BCUT2D eigenvalue weighted by Gasteiger charge is -2.15. The lowest BCUT2D eigenvalue weighted by atomic mass is 10.2. The number of ether oxygens (including phenoxy) is 1. The molecule has 114 valence electrons. The number of carbonyl (C=O) groups excluding carboxylic acids is 1. The molecule has 1 N–H and O–H groups in total. The van der Waals surface area contributed by atoms with Crippen LogP contribution in [0.1, 0.15) is 18.4 Å². The monoisotopic (exact) mass is 310 g/mol. The van der Waals surface area contributed by atoms with Gasteiger partial charge in [0, 0.05) is 19.5 Å². The third kappa shape index (κ3) is 3.03. The van der Waals surface area contributed by atoms with Gasteiger partial charge in [-0.25, -0.2) is 13.1 Å². The van der Waals surface area contributed by atoms with Gasteiger partial charge in [0.05, 0.1) is 18.0 Å². The van der Waals surface area contributed by atoms with Crippen molar-refractivity contribution >= 4 is 15.9 Å². The molecule has 1 amide bonds. The first kappa shape index (κ1) is 14.3. The molecule has 2 heterocycles. The number of nitrogens with zero attached hydrogens (tertiary/aromatic N) is 1. The van der Waals surface area contributed by atoms with E-state index in [0.717, 1.165) is 37.2 Å². The number of sulfonamides is 1. The number of rotatable bonds is 4. The Bertz CT molecular complexity index is 651. The van der Waals surface area contributed by atoms with Gasteiger partial charge in [-0.3, -0.25) is 4.79 Å². The van der Waals surface area contributed by atoms with Crippen LogP contribution in [0.2, 0.25) is 0 Å². The van der Waals surface area contributed by atoms with Crippen LogP contribution in [0.5, 0.6) is 5.75 Å². The maximum Gasteiger partial charge on any atom is 0.241 e. The molecule has 1 aromatic rings. The van der Waals surface area contributed by atoms with Crippen LogP contribution in [-0.2, 0) is 21.2 Å². The molecular weight excluding hydrogens is 292 g/mol. The molecular formula is C14H18N2O4S. The highest BCUT2D eigenvalue weighted by atomic mass is 32.2. The Balaban J connectivity index is 1.67. The quantitative estimate of drug-likeness (QED) is 0.880. The standard InChI is InChI=1S/C14H18N2O4S/c17-14(16-6-1-2-7-16)10-15-21(18,19)12-3-4-13-11(9-12)5-8-20-13/h3-4,9,15H,1-2,5-8,10H2. The van der Waals surface area contributed by atoms with Gasteiger partial charge in [0.15, 0.2) is 0 Å². The summed E-state index contributed by atoms with van der Waals surface area (Å²) in [5.74, 6) is 0.572. The molecule has 0 radical (unpaired) electrons. The van der Waals surface area contributed by atoms with Crippen LogP contribution in [0.15, 0.2) is 23.1 Å². The molecule has 3 rings (SSSR count). The lowest BCUT2D eigenvalue weighted by molar-refractivity contribution is -0.128. The van der Waals surface area contributed by atoms with E-state index >= 15 is 0 Å². The number of hydrogen-bond acceptors (Lipinski definition) is 4. The maximum absolute atomic E-state index is 12.2. The van der Waals surface area contributed by atoms with Gasteiger partial charge in [-0.05, 0) is 36.6 Å². The second-order valence-electron chi connectivity index (χ2n) is 5.28. The summed E-state index contributed by atoms with van der Waals surface area (Å²) in [6.45, 7) is 1.84. The Morgan fingerprint density at radius 3 is 2.81 bits per heavy atom. The number of nitrogens with one attached hydrogen (secondary N) is 1. The van der Waals surface area contributed by atoms with Crippen molar-refractivity contribution in [2.45, 2.75) is 24.2 Å². The van der Waals surface area contributed by atoms with Gasteiger partial charge >= 0.3 is 0 Å². The first-order chi connectivity index (χ1) is 10.1. The molecule has 7 heteroatoms. The Hall–Kier alpha value is -1.60. The SMILES string of the molecule is O=C(CNS(=O)(=O)c1ccc2c(c1)CCO2)N1CCCC1. The van der Waals surface area contributed by atoms with Gasteiger partial charge in [-0.2, -0.15) is 0 Å². The van der Waals surface area contributed by atoms with E-state index in [1.54, 1.807) is 17.0 Å². The fourth-order valence-electron chi connectivity index (χ4n) is 2.65. The van der Waals surface area contributed by atoms with Crippen molar-refractivity contribution in [3.05, 3.63) is 23.8 Å². The van der Waals surface area contributed by atoms with Gasteiger partial charge < -0.3 is 9.64 Å². The summed E-state index contributed by atoms with van der Waals surface area (Å²) >= 11 is 0. The van der Waals surface area contributed by atoms with Gasteiger partial charge in [-0.15, -0.1) is 0 Å². The minimum absolute atomic E-state index is 0.166. The summed E-state index contributed by atoms with van der Waals surface area (Å²) in [7, 11) is -3.66. The van der Waals surface area contributed by atoms with E-state index in [-0.39, 0.29) is 17.3 Å². The maximum atomic E-state index is 12.2. The molecule has 0 saturated carbocycles. The first-order valence-corrected chi connectivity index (χ1v) is 8.58. The van der Waals surface area contributed by atoms with Gasteiger partial charge in [0.2, 0.25) is 15.9 Å². The molecule has 1 saturated heterocycles. The zero-order chi connectivity index (χ0) is 14.9. The van der Waals surface area contributed by atoms with E-state index in [1.807, 2.05) is 0 Å². The van der Waals surface area contributed by atoms with Gasteiger partial charge in [0.25, 0.3) is 0 Å². The molecule has 2 aliphatic heterocycles. The van der Waals surface area contributed by atoms with Crippen molar-refractivity contribution in [3.8, 4) is 5.75 Å². The smallest absolute Gasteiger partial charge is 0.241 e. The minimum atomic E-state index is -3.66. The second-order valence-corrected chi connectivity index (χ2v) is 7.05. The predicted octanol–water partition coefficient (Wildman–Crippen LogP) is 0.522. The minimum Gasteiger partial charge on any atom is -0.493 e. The molecule has 21 heavy (non-hydrogen) atoms. The van der Waals surface area contributed by atoms with Crippen LogP contribution in [0.4, 0.5) is 0 Å². The molecule has 0 aromatic heterocycles. The number of amides is 1. The summed E-state index contributed by atoms with van der Waals surface area (Å²) in [4.78, 5) is 13.8. The summed E-state index contributed by atoms with van der Waals surface area (Å²) in [6.07, 6.45) is 2.69. The molecule has 6 nitrogen and oxygen atoms in total. The summed E-state index contributed by atoms with van der Waals surface area (Å²) in [5, 5.41) is 0. The normalized spacial score (nSPS) is 17.6. The van der Waals surface area contributed by atoms with E-state index < -0.39 is 10.0 Å². The van der Waals surface area contributed by atoms with E-state index in [4.69, 9.17) is 4.74 Å². The van der Waals surface area contributed by atoms with Crippen molar-refractivity contribution in [1.82, 2.24) is 9.62 Å². The van der Waals surface area contributed by atoms with Crippen LogP contribution >= 0.6 is 0 Å². The Kier molecular flexibility index (Phi) is 3.86. The molecule has 0 bridgehead atoms. The average molecular weight is 310 g/mol. The van der Waals surface area contributed by atoms with E-state index in [9.17, 15) is 13.2 Å². The third-order valence-electron chi connectivity index (χ3n) is 3.84. The number of benzene rings is 1. The van der Waals surface area contributed by atoms with Crippen molar-refractivity contribution in [1.29, 1.82) is 0 Å². The molecule has 0 aliphatic carbocycles. The molecule has 1 fully saturated rings. The Labute approximate surface area is 124 Å². The highest BCUT2D eigenvalue weighted by Gasteiger charge is 2.22. The molecule has 0 spiro atoms. The topological polar surface area (TPSA) is 75.7 Å². The largest absolute Gasteiger partial charge is 0.493 e. The van der Waals surface area contributed by atoms with Crippen LogP contribution in [0, 0.1) is 0 Å². The third-order valence-corrected chi connectivity index (χ3v) is 5.24. The first-order valence-electron chi connectivity index (χ1n) is 7.09. The lowest BCUT2D eigenvalue weighted by Crippen LogP contribution is -2.38. The van der Waals surface area contributed by atoms with E-state index in [1.165, 1.54) is 6.07 Å². The van der Waals surface area contributed by atoms with Gasteiger partial charge in [0.1, 0.15) is 5.75 Å². The fraction of sp³-hybridized carbons (Fsp3) is 0.500. The second kappa shape index (κ2) is 5.65. The Morgan fingerprint density at radius 2 is 2.05 bits per heavy atom. The zero-order valence-corrected chi connectivity index (χ0v) is 12.5.